The third-order valence-corrected chi connectivity index (χ3v) is 4.60. The molecule has 4 nitrogen and oxygen atoms in total. The Kier molecular flexibility index (Phi) is 4.26. The molecule has 0 radical (unpaired) electrons. The van der Waals surface area contributed by atoms with Crippen LogP contribution >= 0.6 is 0 Å². The van der Waals surface area contributed by atoms with Gasteiger partial charge < -0.3 is 9.47 Å². The minimum Gasteiger partial charge on any atom is -0.465 e. The summed E-state index contributed by atoms with van der Waals surface area (Å²) in [5, 5.41) is 4.24. The topological polar surface area (TPSA) is 35.8 Å². The van der Waals surface area contributed by atoms with Gasteiger partial charge in [-0.05, 0) is 24.6 Å². The minimum absolute atomic E-state index is 0.300. The summed E-state index contributed by atoms with van der Waals surface area (Å²) >= 11 is 0. The second-order valence-electron chi connectivity index (χ2n) is 6.02. The first-order valence-electron chi connectivity index (χ1n) is 6.60. The van der Waals surface area contributed by atoms with Crippen LogP contribution in [-0.4, -0.2) is 31.1 Å². The van der Waals surface area contributed by atoms with Crippen molar-refractivity contribution in [2.24, 2.45) is 0 Å². The number of hydrogen-bond donors (Lipinski definition) is 0. The van der Waals surface area contributed by atoms with Crippen molar-refractivity contribution in [2.45, 2.75) is 32.6 Å². The summed E-state index contributed by atoms with van der Waals surface area (Å²) in [6.07, 6.45) is 3.72. The highest BCUT2D eigenvalue weighted by Crippen LogP contribution is 2.20. The minimum atomic E-state index is -1.02. The molecule has 2 heterocycles. The van der Waals surface area contributed by atoms with Crippen LogP contribution in [0.5, 0.6) is 5.75 Å². The van der Waals surface area contributed by atoms with Crippen LogP contribution in [0.25, 0.3) is 5.52 Å². The van der Waals surface area contributed by atoms with E-state index in [2.05, 4.69) is 30.8 Å². The van der Waals surface area contributed by atoms with Crippen molar-refractivity contribution < 1.29 is 9.47 Å². The molecule has 104 valence electrons. The van der Waals surface area contributed by atoms with Gasteiger partial charge in [0.25, 0.3) is 0 Å². The van der Waals surface area contributed by atoms with Gasteiger partial charge >= 0.3 is 0 Å². The Bertz CT molecular complexity index is 546. The summed E-state index contributed by atoms with van der Waals surface area (Å²) in [7, 11) is -1.02. The molecule has 2 aromatic rings. The number of nitrogens with zero attached hydrogens (tertiary/aromatic N) is 2. The molecule has 0 aromatic carbocycles. The van der Waals surface area contributed by atoms with Gasteiger partial charge in [-0.2, -0.15) is 5.10 Å². The molecule has 0 aliphatic carbocycles. The summed E-state index contributed by atoms with van der Waals surface area (Å²) < 4.78 is 13.1. The van der Waals surface area contributed by atoms with Gasteiger partial charge in [0.05, 0.1) is 6.20 Å². The van der Waals surface area contributed by atoms with E-state index in [0.717, 1.165) is 23.9 Å². The molecular formula is C14H22N2O2Si. The first kappa shape index (κ1) is 14.1. The van der Waals surface area contributed by atoms with Crippen molar-refractivity contribution in [3.63, 3.8) is 0 Å². The second-order valence-corrected chi connectivity index (χ2v) is 11.6. The van der Waals surface area contributed by atoms with E-state index in [1.807, 2.05) is 23.7 Å². The zero-order valence-corrected chi connectivity index (χ0v) is 13.1. The van der Waals surface area contributed by atoms with Crippen LogP contribution in [-0.2, 0) is 4.74 Å². The number of ether oxygens (including phenoxy) is 2. The van der Waals surface area contributed by atoms with Gasteiger partial charge in [-0.1, -0.05) is 19.6 Å². The molecular weight excluding hydrogens is 256 g/mol. The monoisotopic (exact) mass is 278 g/mol. The van der Waals surface area contributed by atoms with Gasteiger partial charge in [-0.3, -0.25) is 0 Å². The van der Waals surface area contributed by atoms with Crippen molar-refractivity contribution in [1.82, 2.24) is 9.61 Å². The van der Waals surface area contributed by atoms with E-state index >= 15 is 0 Å². The Morgan fingerprint density at radius 1 is 1.32 bits per heavy atom. The summed E-state index contributed by atoms with van der Waals surface area (Å²) in [6.45, 7) is 10.1. The molecule has 2 rings (SSSR count). The van der Waals surface area contributed by atoms with Gasteiger partial charge in [-0.25, -0.2) is 4.52 Å². The molecule has 0 aliphatic rings. The average Bonchev–Trinajstić information content (AvgIpc) is 2.68. The maximum atomic E-state index is 5.68. The number of aryl methyl sites for hydroxylation is 1. The molecule has 0 bridgehead atoms. The predicted molar refractivity (Wildman–Crippen MR) is 79.5 cm³/mol. The SMILES string of the molecule is Cc1cc2c(OCOCC[Si](C)(C)C)ccnn2c1. The fourth-order valence-corrected chi connectivity index (χ4v) is 2.54. The first-order valence-corrected chi connectivity index (χ1v) is 10.3. The molecule has 2 aromatic heterocycles. The number of fused-ring (bicyclic) bond motifs is 1. The molecule has 0 spiro atoms. The van der Waals surface area contributed by atoms with E-state index in [-0.39, 0.29) is 0 Å². The molecule has 0 unspecified atom stereocenters. The third kappa shape index (κ3) is 4.07. The Hall–Kier alpha value is -1.33. The van der Waals surface area contributed by atoms with Crippen LogP contribution in [0.15, 0.2) is 24.5 Å². The fraction of sp³-hybridized carbons (Fsp3) is 0.500. The number of aromatic nitrogens is 2. The molecule has 0 amide bonds. The highest BCUT2D eigenvalue weighted by Gasteiger charge is 2.12. The Morgan fingerprint density at radius 2 is 2.11 bits per heavy atom. The van der Waals surface area contributed by atoms with Gasteiger partial charge in [0.15, 0.2) is 6.79 Å². The Balaban J connectivity index is 1.88. The lowest BCUT2D eigenvalue weighted by Crippen LogP contribution is -2.22. The molecule has 0 saturated carbocycles. The van der Waals surface area contributed by atoms with Crippen LogP contribution in [0.1, 0.15) is 5.56 Å². The fourth-order valence-electron chi connectivity index (χ4n) is 1.78. The van der Waals surface area contributed by atoms with E-state index in [4.69, 9.17) is 9.47 Å². The summed E-state index contributed by atoms with van der Waals surface area (Å²) in [5.74, 6) is 0.816. The van der Waals surface area contributed by atoms with Gasteiger partial charge in [0, 0.05) is 26.9 Å². The van der Waals surface area contributed by atoms with Crippen molar-refractivity contribution in [3.8, 4) is 5.75 Å². The van der Waals surface area contributed by atoms with Crippen LogP contribution in [0.4, 0.5) is 0 Å². The quantitative estimate of drug-likeness (QED) is 0.462. The van der Waals surface area contributed by atoms with Gasteiger partial charge in [0.2, 0.25) is 0 Å². The third-order valence-electron chi connectivity index (χ3n) is 2.90. The lowest BCUT2D eigenvalue weighted by Gasteiger charge is -2.15. The normalized spacial score (nSPS) is 12.0. The molecule has 5 heteroatoms. The molecule has 0 N–H and O–H groups in total. The molecule has 0 aliphatic heterocycles. The van der Waals surface area contributed by atoms with E-state index < -0.39 is 8.07 Å². The maximum Gasteiger partial charge on any atom is 0.189 e. The number of rotatable bonds is 6. The van der Waals surface area contributed by atoms with Crippen molar-refractivity contribution in [1.29, 1.82) is 0 Å². The zero-order valence-electron chi connectivity index (χ0n) is 12.1. The second kappa shape index (κ2) is 5.75. The largest absolute Gasteiger partial charge is 0.465 e. The summed E-state index contributed by atoms with van der Waals surface area (Å²) in [6, 6.07) is 5.09. The molecule has 19 heavy (non-hydrogen) atoms. The van der Waals surface area contributed by atoms with Gasteiger partial charge in [0.1, 0.15) is 11.3 Å². The van der Waals surface area contributed by atoms with Crippen LogP contribution in [0, 0.1) is 6.92 Å². The van der Waals surface area contributed by atoms with Gasteiger partial charge in [-0.15, -0.1) is 0 Å². The first-order chi connectivity index (χ1) is 8.96. The van der Waals surface area contributed by atoms with Crippen molar-refractivity contribution >= 4 is 13.6 Å². The Labute approximate surface area is 115 Å². The van der Waals surface area contributed by atoms with E-state index in [9.17, 15) is 0 Å². The van der Waals surface area contributed by atoms with Crippen LogP contribution in [0.3, 0.4) is 0 Å². The average molecular weight is 278 g/mol. The van der Waals surface area contributed by atoms with E-state index in [0.29, 0.717) is 6.79 Å². The van der Waals surface area contributed by atoms with Crippen molar-refractivity contribution in [2.75, 3.05) is 13.4 Å². The van der Waals surface area contributed by atoms with Crippen molar-refractivity contribution in [3.05, 3.63) is 30.1 Å². The molecule has 0 fully saturated rings. The maximum absolute atomic E-state index is 5.68. The van der Waals surface area contributed by atoms with E-state index in [1.54, 1.807) is 6.20 Å². The Morgan fingerprint density at radius 3 is 2.84 bits per heavy atom. The highest BCUT2D eigenvalue weighted by molar-refractivity contribution is 6.76. The standard InChI is InChI=1S/C14H22N2O2Si/c1-12-9-13-14(5-6-15-16(13)10-12)18-11-17-7-8-19(2,3)4/h5-6,9-10H,7-8,11H2,1-4H3. The lowest BCUT2D eigenvalue weighted by molar-refractivity contribution is 0.0227. The van der Waals surface area contributed by atoms with E-state index in [1.165, 1.54) is 5.56 Å². The predicted octanol–water partition coefficient (Wildman–Crippen LogP) is 3.33. The zero-order chi connectivity index (χ0) is 13.9. The smallest absolute Gasteiger partial charge is 0.189 e. The molecule has 0 saturated heterocycles. The van der Waals surface area contributed by atoms with Crippen LogP contribution in [0.2, 0.25) is 25.7 Å². The highest BCUT2D eigenvalue weighted by atomic mass is 28.3. The lowest BCUT2D eigenvalue weighted by atomic mass is 10.3. The number of hydrogen-bond acceptors (Lipinski definition) is 3. The summed E-state index contributed by atoms with van der Waals surface area (Å²) in [5.41, 5.74) is 2.15. The summed E-state index contributed by atoms with van der Waals surface area (Å²) in [4.78, 5) is 0. The van der Waals surface area contributed by atoms with Crippen LogP contribution < -0.4 is 4.74 Å². The molecule has 0 atom stereocenters.